The summed E-state index contributed by atoms with van der Waals surface area (Å²) < 4.78 is 18.0. The summed E-state index contributed by atoms with van der Waals surface area (Å²) >= 11 is 1.74. The molecular formula is C15H15FOS. The summed E-state index contributed by atoms with van der Waals surface area (Å²) in [6.07, 6.45) is 0. The first-order chi connectivity index (χ1) is 8.69. The van der Waals surface area contributed by atoms with E-state index in [2.05, 4.69) is 6.92 Å². The fraction of sp³-hybridized carbons (Fsp3) is 0.200. The second-order valence-corrected chi connectivity index (χ2v) is 5.40. The second kappa shape index (κ2) is 5.91. The van der Waals surface area contributed by atoms with Crippen LogP contribution in [-0.2, 0) is 0 Å². The maximum absolute atomic E-state index is 12.8. The molecule has 0 spiro atoms. The molecule has 2 aromatic rings. The molecule has 0 bridgehead atoms. The lowest BCUT2D eigenvalue weighted by Gasteiger charge is -2.12. The van der Waals surface area contributed by atoms with Crippen LogP contribution in [0.2, 0.25) is 0 Å². The topological polar surface area (TPSA) is 9.23 Å². The molecule has 0 radical (unpaired) electrons. The highest BCUT2D eigenvalue weighted by Crippen LogP contribution is 2.35. The standard InChI is InChI=1S/C15H15FOS/c1-11(12-3-5-13(16)6-4-12)18-15-9-7-14(17-2)8-10-15/h3-11H,1-2H3. The first-order valence-electron chi connectivity index (χ1n) is 5.75. The van der Waals surface area contributed by atoms with Crippen molar-refractivity contribution in [3.63, 3.8) is 0 Å². The zero-order chi connectivity index (χ0) is 13.0. The molecule has 1 atom stereocenters. The van der Waals surface area contributed by atoms with E-state index in [4.69, 9.17) is 4.74 Å². The van der Waals surface area contributed by atoms with E-state index in [0.29, 0.717) is 5.25 Å². The lowest BCUT2D eigenvalue weighted by molar-refractivity contribution is 0.414. The summed E-state index contributed by atoms with van der Waals surface area (Å²) in [5.74, 6) is 0.661. The molecule has 3 heteroatoms. The molecular weight excluding hydrogens is 247 g/mol. The Kier molecular flexibility index (Phi) is 4.26. The fourth-order valence-electron chi connectivity index (χ4n) is 1.66. The first kappa shape index (κ1) is 13.0. The Balaban J connectivity index is 2.05. The number of hydrogen-bond donors (Lipinski definition) is 0. The van der Waals surface area contributed by atoms with Crippen LogP contribution in [0.3, 0.4) is 0 Å². The minimum atomic E-state index is -0.194. The molecule has 0 aliphatic heterocycles. The van der Waals surface area contributed by atoms with Gasteiger partial charge in [-0.1, -0.05) is 12.1 Å². The van der Waals surface area contributed by atoms with Gasteiger partial charge in [-0.2, -0.15) is 0 Å². The molecule has 0 aliphatic carbocycles. The van der Waals surface area contributed by atoms with Crippen molar-refractivity contribution < 1.29 is 9.13 Å². The summed E-state index contributed by atoms with van der Waals surface area (Å²) in [5.41, 5.74) is 1.12. The maximum Gasteiger partial charge on any atom is 0.123 e. The average molecular weight is 262 g/mol. The quantitative estimate of drug-likeness (QED) is 0.739. The highest BCUT2D eigenvalue weighted by atomic mass is 32.2. The van der Waals surface area contributed by atoms with Gasteiger partial charge in [0.05, 0.1) is 7.11 Å². The zero-order valence-corrected chi connectivity index (χ0v) is 11.2. The van der Waals surface area contributed by atoms with E-state index in [-0.39, 0.29) is 5.82 Å². The molecule has 18 heavy (non-hydrogen) atoms. The normalized spacial score (nSPS) is 12.2. The monoisotopic (exact) mass is 262 g/mol. The van der Waals surface area contributed by atoms with Crippen LogP contribution in [0.15, 0.2) is 53.4 Å². The Bertz CT molecular complexity index is 493. The van der Waals surface area contributed by atoms with Crippen LogP contribution in [0.4, 0.5) is 4.39 Å². The Morgan fingerprint density at radius 3 is 2.17 bits per heavy atom. The third-order valence-electron chi connectivity index (χ3n) is 2.71. The van der Waals surface area contributed by atoms with Gasteiger partial charge in [-0.15, -0.1) is 11.8 Å². The van der Waals surface area contributed by atoms with Crippen molar-refractivity contribution in [2.45, 2.75) is 17.1 Å². The number of rotatable bonds is 4. The van der Waals surface area contributed by atoms with Gasteiger partial charge in [-0.25, -0.2) is 4.39 Å². The first-order valence-corrected chi connectivity index (χ1v) is 6.63. The summed E-state index contributed by atoms with van der Waals surface area (Å²) in [5, 5.41) is 0.291. The fourth-order valence-corrected chi connectivity index (χ4v) is 2.65. The van der Waals surface area contributed by atoms with E-state index >= 15 is 0 Å². The highest BCUT2D eigenvalue weighted by molar-refractivity contribution is 7.99. The van der Waals surface area contributed by atoms with E-state index in [0.717, 1.165) is 11.3 Å². The molecule has 1 unspecified atom stereocenters. The minimum Gasteiger partial charge on any atom is -0.497 e. The van der Waals surface area contributed by atoms with Crippen LogP contribution >= 0.6 is 11.8 Å². The smallest absolute Gasteiger partial charge is 0.123 e. The van der Waals surface area contributed by atoms with Gasteiger partial charge in [0, 0.05) is 10.1 Å². The molecule has 2 aromatic carbocycles. The number of halogens is 1. The number of methoxy groups -OCH3 is 1. The predicted octanol–water partition coefficient (Wildman–Crippen LogP) is 4.69. The van der Waals surface area contributed by atoms with Gasteiger partial charge in [-0.05, 0) is 48.9 Å². The average Bonchev–Trinajstić information content (AvgIpc) is 2.40. The number of hydrogen-bond acceptors (Lipinski definition) is 2. The molecule has 0 amide bonds. The lowest BCUT2D eigenvalue weighted by Crippen LogP contribution is -1.89. The molecule has 0 aliphatic rings. The largest absolute Gasteiger partial charge is 0.497 e. The Morgan fingerprint density at radius 2 is 1.61 bits per heavy atom. The molecule has 0 fully saturated rings. The molecule has 0 aromatic heterocycles. The summed E-state index contributed by atoms with van der Waals surface area (Å²) in [6.45, 7) is 2.11. The van der Waals surface area contributed by atoms with Crippen molar-refractivity contribution in [2.75, 3.05) is 7.11 Å². The van der Waals surface area contributed by atoms with Gasteiger partial charge in [0.1, 0.15) is 11.6 Å². The summed E-state index contributed by atoms with van der Waals surface area (Å²) in [4.78, 5) is 1.17. The molecule has 0 heterocycles. The van der Waals surface area contributed by atoms with Crippen molar-refractivity contribution in [3.05, 3.63) is 59.9 Å². The van der Waals surface area contributed by atoms with Crippen LogP contribution in [0.1, 0.15) is 17.7 Å². The van der Waals surface area contributed by atoms with Gasteiger partial charge in [0.2, 0.25) is 0 Å². The molecule has 0 N–H and O–H groups in total. The van der Waals surface area contributed by atoms with Gasteiger partial charge in [0.15, 0.2) is 0 Å². The summed E-state index contributed by atoms with van der Waals surface area (Å²) in [7, 11) is 1.66. The van der Waals surface area contributed by atoms with Crippen molar-refractivity contribution in [1.29, 1.82) is 0 Å². The van der Waals surface area contributed by atoms with Gasteiger partial charge >= 0.3 is 0 Å². The van der Waals surface area contributed by atoms with Crippen molar-refractivity contribution in [3.8, 4) is 5.75 Å². The Hall–Kier alpha value is -1.48. The van der Waals surface area contributed by atoms with Crippen molar-refractivity contribution >= 4 is 11.8 Å². The number of ether oxygens (including phenoxy) is 1. The zero-order valence-electron chi connectivity index (χ0n) is 10.4. The van der Waals surface area contributed by atoms with E-state index in [1.165, 1.54) is 17.0 Å². The number of benzene rings is 2. The minimum absolute atomic E-state index is 0.194. The van der Waals surface area contributed by atoms with Gasteiger partial charge in [-0.3, -0.25) is 0 Å². The van der Waals surface area contributed by atoms with Crippen molar-refractivity contribution in [1.82, 2.24) is 0 Å². The van der Waals surface area contributed by atoms with Crippen LogP contribution in [-0.4, -0.2) is 7.11 Å². The van der Waals surface area contributed by atoms with Crippen LogP contribution in [0.25, 0.3) is 0 Å². The van der Waals surface area contributed by atoms with E-state index < -0.39 is 0 Å². The van der Waals surface area contributed by atoms with Crippen LogP contribution in [0, 0.1) is 5.82 Å². The Morgan fingerprint density at radius 1 is 1.00 bits per heavy atom. The van der Waals surface area contributed by atoms with Gasteiger partial charge < -0.3 is 4.74 Å². The summed E-state index contributed by atoms with van der Waals surface area (Å²) in [6, 6.07) is 14.6. The molecule has 2 rings (SSSR count). The van der Waals surface area contributed by atoms with Gasteiger partial charge in [0.25, 0.3) is 0 Å². The van der Waals surface area contributed by atoms with E-state index in [9.17, 15) is 4.39 Å². The third kappa shape index (κ3) is 3.26. The lowest BCUT2D eigenvalue weighted by atomic mass is 10.2. The maximum atomic E-state index is 12.8. The molecule has 0 saturated carbocycles. The van der Waals surface area contributed by atoms with E-state index in [1.807, 2.05) is 36.4 Å². The predicted molar refractivity (Wildman–Crippen MR) is 73.7 cm³/mol. The number of thioether (sulfide) groups is 1. The molecule has 94 valence electrons. The van der Waals surface area contributed by atoms with Crippen LogP contribution in [0.5, 0.6) is 5.75 Å². The van der Waals surface area contributed by atoms with Crippen molar-refractivity contribution in [2.24, 2.45) is 0 Å². The SMILES string of the molecule is COc1ccc(SC(C)c2ccc(F)cc2)cc1. The van der Waals surface area contributed by atoms with E-state index in [1.54, 1.807) is 18.9 Å². The third-order valence-corrected chi connectivity index (χ3v) is 3.88. The Labute approximate surface area is 111 Å². The van der Waals surface area contributed by atoms with Crippen LogP contribution < -0.4 is 4.74 Å². The molecule has 1 nitrogen and oxygen atoms in total. The second-order valence-electron chi connectivity index (χ2n) is 3.99. The highest BCUT2D eigenvalue weighted by Gasteiger charge is 2.07. The molecule has 0 saturated heterocycles.